The molecular weight excluding hydrogens is 318 g/mol. The van der Waals surface area contributed by atoms with Crippen LogP contribution in [0.15, 0.2) is 84.9 Å². The molecule has 0 atom stereocenters. The topological polar surface area (TPSA) is 29.0 Å². The summed E-state index contributed by atoms with van der Waals surface area (Å²) >= 11 is 0. The van der Waals surface area contributed by atoms with Crippen molar-refractivity contribution in [1.82, 2.24) is 9.97 Å². The van der Waals surface area contributed by atoms with Gasteiger partial charge in [0.25, 0.3) is 0 Å². The van der Waals surface area contributed by atoms with Crippen LogP contribution in [0.3, 0.4) is 0 Å². The molecule has 1 aliphatic heterocycles. The maximum absolute atomic E-state index is 4.87. The van der Waals surface area contributed by atoms with Crippen molar-refractivity contribution in [2.45, 2.75) is 6.54 Å². The van der Waals surface area contributed by atoms with Crippen molar-refractivity contribution in [3.63, 3.8) is 0 Å². The summed E-state index contributed by atoms with van der Waals surface area (Å²) in [7, 11) is 0. The van der Waals surface area contributed by atoms with Gasteiger partial charge in [0.1, 0.15) is 0 Å². The largest absolute Gasteiger partial charge is 0.335 e. The van der Waals surface area contributed by atoms with Gasteiger partial charge in [-0.15, -0.1) is 0 Å². The monoisotopic (exact) mass is 335 g/mol. The molecule has 124 valence electrons. The van der Waals surface area contributed by atoms with Crippen molar-refractivity contribution in [2.24, 2.45) is 0 Å². The first-order valence-electron chi connectivity index (χ1n) is 8.74. The van der Waals surface area contributed by atoms with Crippen molar-refractivity contribution in [2.75, 3.05) is 4.90 Å². The third kappa shape index (κ3) is 2.54. The molecule has 0 spiro atoms. The van der Waals surface area contributed by atoms with E-state index < -0.39 is 0 Å². The Morgan fingerprint density at radius 3 is 2.00 bits per heavy atom. The predicted octanol–water partition coefficient (Wildman–Crippen LogP) is 5.15. The third-order valence-electron chi connectivity index (χ3n) is 4.68. The molecule has 0 radical (unpaired) electrons. The molecule has 0 bridgehead atoms. The Morgan fingerprint density at radius 2 is 1.27 bits per heavy atom. The molecule has 3 heteroatoms. The first-order chi connectivity index (χ1) is 12.9. The normalized spacial score (nSPS) is 13.4. The minimum Gasteiger partial charge on any atom is -0.335 e. The lowest BCUT2D eigenvalue weighted by atomic mass is 10.0. The highest BCUT2D eigenvalue weighted by atomic mass is 15.2. The van der Waals surface area contributed by atoms with Gasteiger partial charge in [0.2, 0.25) is 0 Å². The summed E-state index contributed by atoms with van der Waals surface area (Å²) in [5, 5.41) is 0. The van der Waals surface area contributed by atoms with E-state index in [0.717, 1.165) is 33.8 Å². The Labute approximate surface area is 152 Å². The molecule has 0 amide bonds. The van der Waals surface area contributed by atoms with E-state index in [1.807, 2.05) is 36.4 Å². The van der Waals surface area contributed by atoms with Gasteiger partial charge in [-0.25, -0.2) is 9.97 Å². The minimum atomic E-state index is 0.706. The number of benzene rings is 3. The van der Waals surface area contributed by atoms with Gasteiger partial charge < -0.3 is 4.90 Å². The molecule has 0 unspecified atom stereocenters. The summed E-state index contributed by atoms with van der Waals surface area (Å²) in [5.74, 6) is 0. The Kier molecular flexibility index (Phi) is 3.49. The van der Waals surface area contributed by atoms with Crippen LogP contribution >= 0.6 is 0 Å². The zero-order valence-electron chi connectivity index (χ0n) is 14.2. The van der Waals surface area contributed by atoms with E-state index in [1.54, 1.807) is 0 Å². The standard InChI is InChI=1S/C23H17N3/c1-3-9-17(10-4-1)23-15-21-22(16-26(23)18-11-5-2-6-12-18)25-20-14-8-7-13-19(20)24-21/h1-15H,16H2. The second kappa shape index (κ2) is 6.12. The molecule has 1 aromatic heterocycles. The van der Waals surface area contributed by atoms with E-state index in [0.29, 0.717) is 6.54 Å². The number of nitrogens with zero attached hydrogens (tertiary/aromatic N) is 3. The van der Waals surface area contributed by atoms with Gasteiger partial charge in [0.05, 0.1) is 34.7 Å². The fourth-order valence-electron chi connectivity index (χ4n) is 3.41. The van der Waals surface area contributed by atoms with Gasteiger partial charge in [-0.1, -0.05) is 60.7 Å². The number of fused-ring (bicyclic) bond motifs is 2. The minimum absolute atomic E-state index is 0.706. The van der Waals surface area contributed by atoms with Gasteiger partial charge in [-0.05, 0) is 35.9 Å². The van der Waals surface area contributed by atoms with Crippen LogP contribution in [0, 0.1) is 0 Å². The van der Waals surface area contributed by atoms with Crippen molar-refractivity contribution in [1.29, 1.82) is 0 Å². The Hall–Kier alpha value is -3.46. The highest BCUT2D eigenvalue weighted by Gasteiger charge is 2.23. The molecule has 4 aromatic rings. The van der Waals surface area contributed by atoms with E-state index in [1.165, 1.54) is 5.56 Å². The van der Waals surface area contributed by atoms with E-state index in [4.69, 9.17) is 9.97 Å². The zero-order valence-corrected chi connectivity index (χ0v) is 14.2. The van der Waals surface area contributed by atoms with Crippen LogP contribution in [0.1, 0.15) is 17.0 Å². The van der Waals surface area contributed by atoms with Crippen LogP contribution < -0.4 is 4.90 Å². The maximum atomic E-state index is 4.87. The highest BCUT2D eigenvalue weighted by Crippen LogP contribution is 2.34. The van der Waals surface area contributed by atoms with Crippen LogP contribution in [0.25, 0.3) is 22.8 Å². The van der Waals surface area contributed by atoms with Gasteiger partial charge in [-0.2, -0.15) is 0 Å². The summed E-state index contributed by atoms with van der Waals surface area (Å²) in [6.07, 6.45) is 2.15. The molecule has 2 heterocycles. The van der Waals surface area contributed by atoms with Gasteiger partial charge in [-0.3, -0.25) is 0 Å². The first-order valence-corrected chi connectivity index (χ1v) is 8.74. The average molecular weight is 335 g/mol. The van der Waals surface area contributed by atoms with E-state index in [9.17, 15) is 0 Å². The molecule has 3 aromatic carbocycles. The van der Waals surface area contributed by atoms with Crippen molar-refractivity contribution in [3.8, 4) is 0 Å². The average Bonchev–Trinajstić information content (AvgIpc) is 2.72. The maximum Gasteiger partial charge on any atom is 0.0894 e. The number of anilines is 1. The molecule has 0 fully saturated rings. The lowest BCUT2D eigenvalue weighted by Crippen LogP contribution is -2.25. The number of hydrogen-bond donors (Lipinski definition) is 0. The Morgan fingerprint density at radius 1 is 0.654 bits per heavy atom. The molecule has 1 aliphatic rings. The molecule has 0 saturated carbocycles. The van der Waals surface area contributed by atoms with Crippen LogP contribution in [0.4, 0.5) is 5.69 Å². The Bertz CT molecular complexity index is 1100. The van der Waals surface area contributed by atoms with Gasteiger partial charge in [0, 0.05) is 5.69 Å². The zero-order chi connectivity index (χ0) is 17.3. The molecule has 0 N–H and O–H groups in total. The smallest absolute Gasteiger partial charge is 0.0894 e. The first kappa shape index (κ1) is 14.8. The molecule has 3 nitrogen and oxygen atoms in total. The fourth-order valence-corrected chi connectivity index (χ4v) is 3.41. The van der Waals surface area contributed by atoms with Crippen LogP contribution in [-0.4, -0.2) is 9.97 Å². The molecule has 5 rings (SSSR count). The second-order valence-electron chi connectivity index (χ2n) is 6.36. The lowest BCUT2D eigenvalue weighted by Gasteiger charge is -2.31. The summed E-state index contributed by atoms with van der Waals surface area (Å²) in [5.41, 5.74) is 7.31. The highest BCUT2D eigenvalue weighted by molar-refractivity contribution is 5.92. The number of rotatable bonds is 2. The van der Waals surface area contributed by atoms with Crippen molar-refractivity contribution in [3.05, 3.63) is 102 Å². The van der Waals surface area contributed by atoms with E-state index in [-0.39, 0.29) is 0 Å². The fraction of sp³-hybridized carbons (Fsp3) is 0.0435. The number of hydrogen-bond acceptors (Lipinski definition) is 3. The Balaban J connectivity index is 1.72. The van der Waals surface area contributed by atoms with Gasteiger partial charge >= 0.3 is 0 Å². The molecule has 26 heavy (non-hydrogen) atoms. The number of para-hydroxylation sites is 3. The number of aromatic nitrogens is 2. The van der Waals surface area contributed by atoms with Crippen molar-refractivity contribution < 1.29 is 0 Å². The summed E-state index contributed by atoms with van der Waals surface area (Å²) in [4.78, 5) is 12.0. The van der Waals surface area contributed by atoms with E-state index in [2.05, 4.69) is 59.5 Å². The van der Waals surface area contributed by atoms with Gasteiger partial charge in [0.15, 0.2) is 0 Å². The van der Waals surface area contributed by atoms with Crippen LogP contribution in [-0.2, 0) is 6.54 Å². The van der Waals surface area contributed by atoms with E-state index >= 15 is 0 Å². The van der Waals surface area contributed by atoms with Crippen LogP contribution in [0.5, 0.6) is 0 Å². The van der Waals surface area contributed by atoms with Crippen LogP contribution in [0.2, 0.25) is 0 Å². The third-order valence-corrected chi connectivity index (χ3v) is 4.68. The summed E-state index contributed by atoms with van der Waals surface area (Å²) < 4.78 is 0. The summed E-state index contributed by atoms with van der Waals surface area (Å²) in [6.45, 7) is 0.706. The molecule has 0 saturated heterocycles. The molecular formula is C23H17N3. The second-order valence-corrected chi connectivity index (χ2v) is 6.36. The lowest BCUT2D eigenvalue weighted by molar-refractivity contribution is 0.912. The summed E-state index contributed by atoms with van der Waals surface area (Å²) in [6, 6.07) is 29.0. The molecule has 0 aliphatic carbocycles. The van der Waals surface area contributed by atoms with Crippen molar-refractivity contribution >= 4 is 28.5 Å². The predicted molar refractivity (Wildman–Crippen MR) is 106 cm³/mol. The quantitative estimate of drug-likeness (QED) is 0.507. The SMILES string of the molecule is C1=C(c2ccccc2)N(c2ccccc2)Cc2nc3ccccc3nc21.